The number of aryl methyl sites for hydroxylation is 1. The molecule has 158 valence electrons. The van der Waals surface area contributed by atoms with Crippen molar-refractivity contribution >= 4 is 34.6 Å². The maximum atomic E-state index is 12.8. The van der Waals surface area contributed by atoms with Crippen molar-refractivity contribution in [2.24, 2.45) is 5.92 Å². The van der Waals surface area contributed by atoms with Crippen molar-refractivity contribution in [1.82, 2.24) is 0 Å². The fraction of sp³-hybridized carbons (Fsp3) is 0.200. The van der Waals surface area contributed by atoms with Crippen LogP contribution in [0.25, 0.3) is 0 Å². The Morgan fingerprint density at radius 2 is 1.65 bits per heavy atom. The molecule has 1 aliphatic rings. The lowest BCUT2D eigenvalue weighted by atomic mass is 10.1. The van der Waals surface area contributed by atoms with Gasteiger partial charge < -0.3 is 20.3 Å². The smallest absolute Gasteiger partial charge is 0.229 e. The van der Waals surface area contributed by atoms with E-state index in [1.54, 1.807) is 12.0 Å². The van der Waals surface area contributed by atoms with Crippen LogP contribution in [0.5, 0.6) is 5.75 Å². The van der Waals surface area contributed by atoms with Gasteiger partial charge in [-0.25, -0.2) is 0 Å². The number of amides is 2. The lowest BCUT2D eigenvalue weighted by Crippen LogP contribution is -2.28. The summed E-state index contributed by atoms with van der Waals surface area (Å²) in [5.41, 5.74) is 4.39. The summed E-state index contributed by atoms with van der Waals surface area (Å²) in [6, 6.07) is 23.0. The molecule has 1 heterocycles. The third kappa shape index (κ3) is 4.69. The van der Waals surface area contributed by atoms with E-state index in [1.807, 2.05) is 79.7 Å². The first-order valence-electron chi connectivity index (χ1n) is 10.2. The SMILES string of the molecule is COc1ccc(C)c(N2CC(C(=O)Nc3ccc(Nc4ccccc4)cc3)CC2=O)c1. The number of para-hydroxylation sites is 1. The standard InChI is InChI=1S/C25H25N3O3/c1-17-8-13-22(31-2)15-23(17)28-16-18(14-24(28)29)25(30)27-21-11-9-20(10-12-21)26-19-6-4-3-5-7-19/h3-13,15,18,26H,14,16H2,1-2H3,(H,27,30). The highest BCUT2D eigenvalue weighted by atomic mass is 16.5. The van der Waals surface area contributed by atoms with Crippen molar-refractivity contribution in [1.29, 1.82) is 0 Å². The van der Waals surface area contributed by atoms with Gasteiger partial charge in [0, 0.05) is 36.1 Å². The molecule has 4 rings (SSSR count). The number of anilines is 4. The molecular weight excluding hydrogens is 390 g/mol. The minimum absolute atomic E-state index is 0.0566. The van der Waals surface area contributed by atoms with Crippen molar-refractivity contribution < 1.29 is 14.3 Å². The number of nitrogens with one attached hydrogen (secondary N) is 2. The van der Waals surface area contributed by atoms with Gasteiger partial charge in [0.25, 0.3) is 0 Å². The average molecular weight is 415 g/mol. The molecule has 0 saturated carbocycles. The molecule has 0 bridgehead atoms. The summed E-state index contributed by atoms with van der Waals surface area (Å²) in [5.74, 6) is 0.0739. The Balaban J connectivity index is 1.40. The summed E-state index contributed by atoms with van der Waals surface area (Å²) in [6.45, 7) is 2.30. The van der Waals surface area contributed by atoms with E-state index in [0.717, 1.165) is 22.6 Å². The summed E-state index contributed by atoms with van der Waals surface area (Å²) in [5, 5.41) is 6.24. The summed E-state index contributed by atoms with van der Waals surface area (Å²) < 4.78 is 5.28. The van der Waals surface area contributed by atoms with E-state index in [1.165, 1.54) is 0 Å². The zero-order valence-electron chi connectivity index (χ0n) is 17.6. The molecule has 0 radical (unpaired) electrons. The Labute approximate surface area is 181 Å². The molecule has 6 nitrogen and oxygen atoms in total. The van der Waals surface area contributed by atoms with Crippen LogP contribution in [0.2, 0.25) is 0 Å². The van der Waals surface area contributed by atoms with E-state index in [0.29, 0.717) is 18.0 Å². The largest absolute Gasteiger partial charge is 0.497 e. The summed E-state index contributed by atoms with van der Waals surface area (Å²) >= 11 is 0. The maximum absolute atomic E-state index is 12.8. The van der Waals surface area contributed by atoms with Crippen molar-refractivity contribution in [2.45, 2.75) is 13.3 Å². The Morgan fingerprint density at radius 3 is 2.35 bits per heavy atom. The molecule has 0 spiro atoms. The lowest BCUT2D eigenvalue weighted by molar-refractivity contribution is -0.122. The summed E-state index contributed by atoms with van der Waals surface area (Å²) in [7, 11) is 1.59. The predicted octanol–water partition coefficient (Wildman–Crippen LogP) is 4.74. The van der Waals surface area contributed by atoms with Crippen molar-refractivity contribution in [3.8, 4) is 5.75 Å². The number of carbonyl (C=O) groups is 2. The van der Waals surface area contributed by atoms with Crippen molar-refractivity contribution in [3.05, 3.63) is 78.4 Å². The number of hydrogen-bond donors (Lipinski definition) is 2. The van der Waals surface area contributed by atoms with Gasteiger partial charge in [-0.15, -0.1) is 0 Å². The molecule has 3 aromatic carbocycles. The van der Waals surface area contributed by atoms with E-state index < -0.39 is 5.92 Å². The highest BCUT2D eigenvalue weighted by molar-refractivity contribution is 6.04. The van der Waals surface area contributed by atoms with Crippen LogP contribution in [0.3, 0.4) is 0 Å². The fourth-order valence-electron chi connectivity index (χ4n) is 3.69. The van der Waals surface area contributed by atoms with Crippen molar-refractivity contribution in [3.63, 3.8) is 0 Å². The highest BCUT2D eigenvalue weighted by Crippen LogP contribution is 2.31. The van der Waals surface area contributed by atoms with Gasteiger partial charge in [-0.05, 0) is 55.0 Å². The van der Waals surface area contributed by atoms with Crippen LogP contribution in [0, 0.1) is 12.8 Å². The Morgan fingerprint density at radius 1 is 0.968 bits per heavy atom. The predicted molar refractivity (Wildman–Crippen MR) is 123 cm³/mol. The summed E-state index contributed by atoms with van der Waals surface area (Å²) in [4.78, 5) is 27.1. The molecule has 0 aromatic heterocycles. The van der Waals surface area contributed by atoms with Gasteiger partial charge in [-0.3, -0.25) is 9.59 Å². The highest BCUT2D eigenvalue weighted by Gasteiger charge is 2.35. The monoisotopic (exact) mass is 415 g/mol. The van der Waals surface area contributed by atoms with E-state index in [4.69, 9.17) is 4.74 Å². The van der Waals surface area contributed by atoms with Gasteiger partial charge in [0.15, 0.2) is 0 Å². The van der Waals surface area contributed by atoms with Gasteiger partial charge in [0.2, 0.25) is 11.8 Å². The second kappa shape index (κ2) is 8.92. The Hall–Kier alpha value is -3.80. The maximum Gasteiger partial charge on any atom is 0.229 e. The molecule has 1 fully saturated rings. The minimum Gasteiger partial charge on any atom is -0.497 e. The quantitative estimate of drug-likeness (QED) is 0.610. The van der Waals surface area contributed by atoms with Crippen LogP contribution in [-0.2, 0) is 9.59 Å². The zero-order valence-corrected chi connectivity index (χ0v) is 17.6. The molecule has 1 aliphatic heterocycles. The van der Waals surface area contributed by atoms with Crippen LogP contribution in [0.15, 0.2) is 72.8 Å². The molecule has 31 heavy (non-hydrogen) atoms. The third-order valence-electron chi connectivity index (χ3n) is 5.42. The average Bonchev–Trinajstić information content (AvgIpc) is 3.18. The second-order valence-corrected chi connectivity index (χ2v) is 7.62. The molecule has 2 amide bonds. The molecule has 2 N–H and O–H groups in total. The molecule has 1 unspecified atom stereocenters. The second-order valence-electron chi connectivity index (χ2n) is 7.62. The summed E-state index contributed by atoms with van der Waals surface area (Å²) in [6.07, 6.45) is 0.191. The van der Waals surface area contributed by atoms with Gasteiger partial charge in [-0.1, -0.05) is 24.3 Å². The van der Waals surface area contributed by atoms with E-state index in [9.17, 15) is 9.59 Å². The fourth-order valence-corrected chi connectivity index (χ4v) is 3.69. The number of hydrogen-bond acceptors (Lipinski definition) is 4. The van der Waals surface area contributed by atoms with E-state index in [-0.39, 0.29) is 18.2 Å². The molecular formula is C25H25N3O3. The minimum atomic E-state index is -0.403. The van der Waals surface area contributed by atoms with Crippen LogP contribution in [0.4, 0.5) is 22.7 Å². The first-order valence-corrected chi connectivity index (χ1v) is 10.2. The third-order valence-corrected chi connectivity index (χ3v) is 5.42. The number of methoxy groups -OCH3 is 1. The van der Waals surface area contributed by atoms with Gasteiger partial charge in [-0.2, -0.15) is 0 Å². The first-order chi connectivity index (χ1) is 15.0. The number of benzene rings is 3. The number of rotatable bonds is 6. The van der Waals surface area contributed by atoms with Crippen LogP contribution >= 0.6 is 0 Å². The normalized spacial score (nSPS) is 15.6. The van der Waals surface area contributed by atoms with E-state index >= 15 is 0 Å². The Kier molecular flexibility index (Phi) is 5.89. The number of nitrogens with zero attached hydrogens (tertiary/aromatic N) is 1. The zero-order chi connectivity index (χ0) is 21.8. The number of carbonyl (C=O) groups excluding carboxylic acids is 2. The molecule has 1 atom stereocenters. The topological polar surface area (TPSA) is 70.7 Å². The first kappa shape index (κ1) is 20.5. The van der Waals surface area contributed by atoms with Crippen LogP contribution in [0.1, 0.15) is 12.0 Å². The van der Waals surface area contributed by atoms with Gasteiger partial charge >= 0.3 is 0 Å². The molecule has 3 aromatic rings. The van der Waals surface area contributed by atoms with E-state index in [2.05, 4.69) is 10.6 Å². The van der Waals surface area contributed by atoms with Gasteiger partial charge in [0.1, 0.15) is 5.75 Å². The number of ether oxygens (including phenoxy) is 1. The van der Waals surface area contributed by atoms with Crippen molar-refractivity contribution in [2.75, 3.05) is 29.2 Å². The van der Waals surface area contributed by atoms with Crippen LogP contribution < -0.4 is 20.3 Å². The molecule has 6 heteroatoms. The van der Waals surface area contributed by atoms with Gasteiger partial charge in [0.05, 0.1) is 18.7 Å². The molecule has 1 saturated heterocycles. The lowest BCUT2D eigenvalue weighted by Gasteiger charge is -2.20. The molecule has 0 aliphatic carbocycles. The van der Waals surface area contributed by atoms with Crippen LogP contribution in [-0.4, -0.2) is 25.5 Å². The Bertz CT molecular complexity index is 1080.